The van der Waals surface area contributed by atoms with Gasteiger partial charge in [-0.1, -0.05) is 26.2 Å². The Morgan fingerprint density at radius 3 is 2.27 bits per heavy atom. The molecule has 2 aliphatic rings. The summed E-state index contributed by atoms with van der Waals surface area (Å²) < 4.78 is 0. The molecule has 0 unspecified atom stereocenters. The van der Waals surface area contributed by atoms with Crippen LogP contribution in [0.5, 0.6) is 0 Å². The molecule has 2 rings (SSSR count). The van der Waals surface area contributed by atoms with E-state index in [2.05, 4.69) is 32.3 Å². The monoisotopic (exact) mass is 423 g/mol. The zero-order valence-corrected chi connectivity index (χ0v) is 16.6. The molecule has 0 radical (unpaired) electrons. The van der Waals surface area contributed by atoms with Crippen LogP contribution in [0.2, 0.25) is 0 Å². The van der Waals surface area contributed by atoms with E-state index in [4.69, 9.17) is 0 Å². The lowest BCUT2D eigenvalue weighted by molar-refractivity contribution is 0.139. The Balaban J connectivity index is 0.00000242. The molecule has 1 heterocycles. The van der Waals surface area contributed by atoms with Crippen molar-refractivity contribution in [1.29, 1.82) is 0 Å². The lowest BCUT2D eigenvalue weighted by Crippen LogP contribution is -2.50. The van der Waals surface area contributed by atoms with Crippen molar-refractivity contribution in [3.05, 3.63) is 0 Å². The zero-order valence-electron chi connectivity index (χ0n) is 14.3. The lowest BCUT2D eigenvalue weighted by Gasteiger charge is -2.34. The minimum Gasteiger partial charge on any atom is -0.355 e. The largest absolute Gasteiger partial charge is 0.355 e. The van der Waals surface area contributed by atoms with Crippen molar-refractivity contribution in [2.24, 2.45) is 4.99 Å². The molecule has 2 fully saturated rings. The van der Waals surface area contributed by atoms with Gasteiger partial charge in [-0.3, -0.25) is 9.89 Å². The number of nitrogens with zero attached hydrogens (tertiary/aromatic N) is 3. The summed E-state index contributed by atoms with van der Waals surface area (Å²) in [6.07, 6.45) is 6.69. The molecule has 0 aromatic rings. The van der Waals surface area contributed by atoms with E-state index in [1.807, 2.05) is 7.05 Å². The first-order valence-electron chi connectivity index (χ1n) is 8.73. The molecule has 1 aliphatic heterocycles. The second-order valence-corrected chi connectivity index (χ2v) is 6.25. The second kappa shape index (κ2) is 11.5. The molecule has 0 amide bonds. The third kappa shape index (κ3) is 7.00. The molecule has 5 nitrogen and oxygen atoms in total. The summed E-state index contributed by atoms with van der Waals surface area (Å²) in [5.41, 5.74) is 0. The molecule has 0 bridgehead atoms. The minimum atomic E-state index is 0. The summed E-state index contributed by atoms with van der Waals surface area (Å²) in [7, 11) is 1.87. The average molecular weight is 423 g/mol. The van der Waals surface area contributed by atoms with Gasteiger partial charge in [0.1, 0.15) is 0 Å². The van der Waals surface area contributed by atoms with E-state index in [0.29, 0.717) is 6.04 Å². The SMILES string of the molecule is CCN1CCN(CCNC(=NC)NC2CCCCC2)CC1.I. The van der Waals surface area contributed by atoms with Crippen LogP contribution < -0.4 is 10.6 Å². The summed E-state index contributed by atoms with van der Waals surface area (Å²) in [5.74, 6) is 0.981. The molecule has 2 N–H and O–H groups in total. The van der Waals surface area contributed by atoms with Crippen LogP contribution in [0.3, 0.4) is 0 Å². The Morgan fingerprint density at radius 2 is 1.68 bits per heavy atom. The third-order valence-electron chi connectivity index (χ3n) is 4.80. The van der Waals surface area contributed by atoms with Gasteiger partial charge in [-0.25, -0.2) is 0 Å². The van der Waals surface area contributed by atoms with Crippen LogP contribution in [0.4, 0.5) is 0 Å². The molecular weight excluding hydrogens is 389 g/mol. The summed E-state index contributed by atoms with van der Waals surface area (Å²) in [4.78, 5) is 9.43. The number of guanidine groups is 1. The van der Waals surface area contributed by atoms with Crippen LogP contribution in [-0.4, -0.2) is 74.7 Å². The predicted octanol–water partition coefficient (Wildman–Crippen LogP) is 1.74. The van der Waals surface area contributed by atoms with E-state index in [0.717, 1.165) is 19.0 Å². The number of hydrogen-bond acceptors (Lipinski definition) is 3. The first-order valence-corrected chi connectivity index (χ1v) is 8.73. The van der Waals surface area contributed by atoms with Gasteiger partial charge in [0, 0.05) is 52.4 Å². The Labute approximate surface area is 153 Å². The molecule has 6 heteroatoms. The first kappa shape index (κ1) is 20.0. The van der Waals surface area contributed by atoms with E-state index in [9.17, 15) is 0 Å². The number of hydrogen-bond donors (Lipinski definition) is 2. The molecule has 1 saturated heterocycles. The molecule has 130 valence electrons. The highest BCUT2D eigenvalue weighted by Gasteiger charge is 2.16. The van der Waals surface area contributed by atoms with Gasteiger partial charge in [-0.05, 0) is 19.4 Å². The number of nitrogens with one attached hydrogen (secondary N) is 2. The van der Waals surface area contributed by atoms with Crippen LogP contribution in [0, 0.1) is 0 Å². The van der Waals surface area contributed by atoms with Crippen molar-refractivity contribution in [2.45, 2.75) is 45.1 Å². The highest BCUT2D eigenvalue weighted by atomic mass is 127. The van der Waals surface area contributed by atoms with Gasteiger partial charge in [0.15, 0.2) is 5.96 Å². The molecular formula is C16H34IN5. The highest BCUT2D eigenvalue weighted by Crippen LogP contribution is 2.17. The van der Waals surface area contributed by atoms with Crippen molar-refractivity contribution in [3.8, 4) is 0 Å². The molecule has 1 aliphatic carbocycles. The third-order valence-corrected chi connectivity index (χ3v) is 4.80. The minimum absolute atomic E-state index is 0. The Morgan fingerprint density at radius 1 is 1.05 bits per heavy atom. The van der Waals surface area contributed by atoms with Gasteiger partial charge in [0.25, 0.3) is 0 Å². The van der Waals surface area contributed by atoms with Crippen LogP contribution in [0.15, 0.2) is 4.99 Å². The van der Waals surface area contributed by atoms with E-state index < -0.39 is 0 Å². The Bertz CT molecular complexity index is 310. The fraction of sp³-hybridized carbons (Fsp3) is 0.938. The number of piperazine rings is 1. The standard InChI is InChI=1S/C16H33N5.HI/c1-3-20-11-13-21(14-12-20)10-9-18-16(17-2)19-15-7-5-4-6-8-15;/h15H,3-14H2,1-2H3,(H2,17,18,19);1H. The lowest BCUT2D eigenvalue weighted by atomic mass is 9.96. The molecule has 0 aromatic heterocycles. The Hall–Kier alpha value is -0.0800. The summed E-state index contributed by atoms with van der Waals surface area (Å²) >= 11 is 0. The maximum Gasteiger partial charge on any atom is 0.191 e. The van der Waals surface area contributed by atoms with Crippen molar-refractivity contribution in [1.82, 2.24) is 20.4 Å². The molecule has 1 saturated carbocycles. The Kier molecular flexibility index (Phi) is 10.4. The number of halogens is 1. The van der Waals surface area contributed by atoms with Crippen molar-refractivity contribution in [3.63, 3.8) is 0 Å². The second-order valence-electron chi connectivity index (χ2n) is 6.25. The molecule has 0 spiro atoms. The van der Waals surface area contributed by atoms with Gasteiger partial charge in [-0.2, -0.15) is 0 Å². The van der Waals surface area contributed by atoms with E-state index in [1.165, 1.54) is 64.8 Å². The predicted molar refractivity (Wildman–Crippen MR) is 105 cm³/mol. The van der Waals surface area contributed by atoms with Crippen LogP contribution in [-0.2, 0) is 0 Å². The van der Waals surface area contributed by atoms with E-state index in [1.54, 1.807) is 0 Å². The maximum absolute atomic E-state index is 4.36. The summed E-state index contributed by atoms with van der Waals surface area (Å²) in [6, 6.07) is 0.623. The van der Waals surface area contributed by atoms with Gasteiger partial charge < -0.3 is 15.5 Å². The first-order chi connectivity index (χ1) is 10.3. The highest BCUT2D eigenvalue weighted by molar-refractivity contribution is 14.0. The van der Waals surface area contributed by atoms with Crippen molar-refractivity contribution in [2.75, 3.05) is 52.9 Å². The average Bonchev–Trinajstić information content (AvgIpc) is 2.55. The zero-order chi connectivity index (χ0) is 14.9. The smallest absolute Gasteiger partial charge is 0.191 e. The number of likely N-dealkylation sites (N-methyl/N-ethyl adjacent to an activating group) is 1. The van der Waals surface area contributed by atoms with Gasteiger partial charge in [0.2, 0.25) is 0 Å². The fourth-order valence-electron chi connectivity index (χ4n) is 3.30. The summed E-state index contributed by atoms with van der Waals surface area (Å²) in [6.45, 7) is 10.4. The number of aliphatic imine (C=N–C) groups is 1. The van der Waals surface area contributed by atoms with Gasteiger partial charge in [0.05, 0.1) is 0 Å². The normalized spacial score (nSPS) is 22.2. The van der Waals surface area contributed by atoms with Crippen LogP contribution in [0.25, 0.3) is 0 Å². The quantitative estimate of drug-likeness (QED) is 0.402. The maximum atomic E-state index is 4.36. The van der Waals surface area contributed by atoms with E-state index >= 15 is 0 Å². The van der Waals surface area contributed by atoms with Crippen LogP contribution >= 0.6 is 24.0 Å². The van der Waals surface area contributed by atoms with Gasteiger partial charge >= 0.3 is 0 Å². The fourth-order valence-corrected chi connectivity index (χ4v) is 3.30. The van der Waals surface area contributed by atoms with Crippen molar-refractivity contribution < 1.29 is 0 Å². The van der Waals surface area contributed by atoms with E-state index in [-0.39, 0.29) is 24.0 Å². The summed E-state index contributed by atoms with van der Waals surface area (Å²) in [5, 5.41) is 7.04. The molecule has 0 atom stereocenters. The van der Waals surface area contributed by atoms with Crippen LogP contribution in [0.1, 0.15) is 39.0 Å². The van der Waals surface area contributed by atoms with Crippen molar-refractivity contribution >= 4 is 29.9 Å². The molecule has 0 aromatic carbocycles. The number of rotatable bonds is 5. The molecule has 22 heavy (non-hydrogen) atoms. The topological polar surface area (TPSA) is 42.9 Å². The van der Waals surface area contributed by atoms with Gasteiger partial charge in [-0.15, -0.1) is 24.0 Å².